The summed E-state index contributed by atoms with van der Waals surface area (Å²) in [6.07, 6.45) is 2.04. The van der Waals surface area contributed by atoms with Crippen LogP contribution < -0.4 is 14.8 Å². The number of aromatic nitrogens is 1. The molecule has 38 heavy (non-hydrogen) atoms. The monoisotopic (exact) mass is 520 g/mol. The predicted molar refractivity (Wildman–Crippen MR) is 145 cm³/mol. The molecule has 202 valence electrons. The van der Waals surface area contributed by atoms with Crippen LogP contribution in [0.1, 0.15) is 51.0 Å². The molecule has 0 aliphatic heterocycles. The van der Waals surface area contributed by atoms with Gasteiger partial charge < -0.3 is 24.6 Å². The Morgan fingerprint density at radius 3 is 2.32 bits per heavy atom. The molecule has 0 radical (unpaired) electrons. The summed E-state index contributed by atoms with van der Waals surface area (Å²) in [6.45, 7) is 7.47. The first-order chi connectivity index (χ1) is 18.3. The zero-order chi connectivity index (χ0) is 27.7. The van der Waals surface area contributed by atoms with Crippen LogP contribution in [0.15, 0.2) is 66.9 Å². The fourth-order valence-electron chi connectivity index (χ4n) is 4.31. The fraction of sp³-hybridized carbons (Fsp3) is 0.367. The Hall–Kier alpha value is -4.07. The molecule has 0 aliphatic rings. The van der Waals surface area contributed by atoms with E-state index in [0.29, 0.717) is 5.75 Å². The number of hydrogen-bond acceptors (Lipinski definition) is 7. The number of methoxy groups -OCH3 is 1. The van der Waals surface area contributed by atoms with Crippen LogP contribution in [0, 0.1) is 5.92 Å². The van der Waals surface area contributed by atoms with Crippen molar-refractivity contribution in [1.82, 2.24) is 10.3 Å². The van der Waals surface area contributed by atoms with Crippen LogP contribution in [-0.2, 0) is 9.53 Å². The maximum Gasteiger partial charge on any atom is 0.328 e. The van der Waals surface area contributed by atoms with Crippen LogP contribution in [0.4, 0.5) is 0 Å². The summed E-state index contributed by atoms with van der Waals surface area (Å²) >= 11 is 0. The number of carbonyl (C=O) groups excluding carboxylic acids is 2. The number of rotatable bonds is 12. The third kappa shape index (κ3) is 7.03. The number of aromatic hydroxyl groups is 1. The lowest BCUT2D eigenvalue weighted by Crippen LogP contribution is -2.45. The van der Waals surface area contributed by atoms with Gasteiger partial charge in [0.15, 0.2) is 17.2 Å². The lowest BCUT2D eigenvalue weighted by atomic mass is 9.93. The number of hydrogen-bond donors (Lipinski definition) is 2. The Balaban J connectivity index is 1.71. The Kier molecular flexibility index (Phi) is 10.1. The topological polar surface area (TPSA) is 107 Å². The van der Waals surface area contributed by atoms with Crippen molar-refractivity contribution < 1.29 is 28.9 Å². The molecule has 1 amide bonds. The number of carbonyl (C=O) groups is 2. The van der Waals surface area contributed by atoms with E-state index in [0.717, 1.165) is 24.0 Å². The van der Waals surface area contributed by atoms with Crippen molar-refractivity contribution in [3.05, 3.63) is 72.6 Å². The van der Waals surface area contributed by atoms with E-state index in [4.69, 9.17) is 14.2 Å². The first kappa shape index (κ1) is 28.5. The average Bonchev–Trinajstić information content (AvgIpc) is 2.93. The van der Waals surface area contributed by atoms with Gasteiger partial charge in [-0.1, -0.05) is 56.3 Å². The molecule has 0 spiro atoms. The van der Waals surface area contributed by atoms with Crippen LogP contribution in [0.3, 0.4) is 0 Å². The molecular weight excluding hydrogens is 484 g/mol. The van der Waals surface area contributed by atoms with Crippen LogP contribution in [-0.4, -0.2) is 47.3 Å². The van der Waals surface area contributed by atoms with Crippen molar-refractivity contribution in [3.8, 4) is 28.4 Å². The van der Waals surface area contributed by atoms with E-state index < -0.39 is 35.9 Å². The largest absolute Gasteiger partial charge is 0.503 e. The molecule has 3 aromatic rings. The predicted octanol–water partition coefficient (Wildman–Crippen LogP) is 5.40. The Morgan fingerprint density at radius 1 is 0.974 bits per heavy atom. The highest BCUT2D eigenvalue weighted by Crippen LogP contribution is 2.29. The minimum absolute atomic E-state index is 0.107. The van der Waals surface area contributed by atoms with Gasteiger partial charge in [0.25, 0.3) is 5.91 Å². The standard InChI is InChI=1S/C30H36N2O6/c1-6-21(7-2)28(38-24-15-11-14-23(18-24)22-12-9-8-10-13-22)20(4)37-30(35)19(3)32-29(34)26-27(33)25(36-5)16-17-31-26/h8-21,28,33H,6-7H2,1-5H3,(H,32,34)/t19-,20-,28-/m0/s1. The smallest absolute Gasteiger partial charge is 0.328 e. The van der Waals surface area contributed by atoms with Crippen LogP contribution in [0.2, 0.25) is 0 Å². The first-order valence-corrected chi connectivity index (χ1v) is 12.8. The second-order valence-corrected chi connectivity index (χ2v) is 9.10. The highest BCUT2D eigenvalue weighted by atomic mass is 16.6. The number of benzene rings is 2. The van der Waals surface area contributed by atoms with Gasteiger partial charge in [-0.05, 0) is 55.9 Å². The van der Waals surface area contributed by atoms with Crippen molar-refractivity contribution >= 4 is 11.9 Å². The van der Waals surface area contributed by atoms with Gasteiger partial charge in [-0.15, -0.1) is 0 Å². The van der Waals surface area contributed by atoms with E-state index in [1.165, 1.54) is 26.3 Å². The van der Waals surface area contributed by atoms with Gasteiger partial charge >= 0.3 is 5.97 Å². The van der Waals surface area contributed by atoms with E-state index in [1.807, 2.05) is 54.6 Å². The Morgan fingerprint density at radius 2 is 1.66 bits per heavy atom. The molecule has 2 aromatic carbocycles. The summed E-state index contributed by atoms with van der Waals surface area (Å²) in [5.41, 5.74) is 1.87. The van der Waals surface area contributed by atoms with E-state index in [2.05, 4.69) is 24.1 Å². The maximum atomic E-state index is 12.9. The molecule has 2 N–H and O–H groups in total. The highest BCUT2D eigenvalue weighted by Gasteiger charge is 2.31. The van der Waals surface area contributed by atoms with E-state index in [-0.39, 0.29) is 17.4 Å². The molecule has 0 unspecified atom stereocenters. The fourth-order valence-corrected chi connectivity index (χ4v) is 4.31. The molecule has 3 atom stereocenters. The zero-order valence-corrected chi connectivity index (χ0v) is 22.5. The highest BCUT2D eigenvalue weighted by molar-refractivity contribution is 5.97. The number of pyridine rings is 1. The normalized spacial score (nSPS) is 13.3. The minimum atomic E-state index is -0.985. The van der Waals surface area contributed by atoms with Gasteiger partial charge in [0.2, 0.25) is 0 Å². The molecule has 0 saturated carbocycles. The summed E-state index contributed by atoms with van der Waals surface area (Å²) in [5.74, 6) is -0.806. The molecule has 8 heteroatoms. The van der Waals surface area contributed by atoms with Gasteiger partial charge in [-0.2, -0.15) is 0 Å². The van der Waals surface area contributed by atoms with Crippen LogP contribution in [0.5, 0.6) is 17.2 Å². The Bertz CT molecular complexity index is 1210. The third-order valence-corrected chi connectivity index (χ3v) is 6.51. The molecule has 8 nitrogen and oxygen atoms in total. The lowest BCUT2D eigenvalue weighted by Gasteiger charge is -2.31. The summed E-state index contributed by atoms with van der Waals surface area (Å²) in [7, 11) is 1.37. The molecule has 0 fully saturated rings. The van der Waals surface area contributed by atoms with Crippen molar-refractivity contribution in [2.45, 2.75) is 58.8 Å². The molecule has 0 aliphatic carbocycles. The van der Waals surface area contributed by atoms with Crippen molar-refractivity contribution in [2.75, 3.05) is 7.11 Å². The molecule has 1 heterocycles. The van der Waals surface area contributed by atoms with Crippen LogP contribution in [0.25, 0.3) is 11.1 Å². The third-order valence-electron chi connectivity index (χ3n) is 6.51. The summed E-state index contributed by atoms with van der Waals surface area (Å²) in [4.78, 5) is 29.5. The molecule has 1 aromatic heterocycles. The number of esters is 1. The molecule has 3 rings (SSSR count). The lowest BCUT2D eigenvalue weighted by molar-refractivity contribution is -0.156. The summed E-state index contributed by atoms with van der Waals surface area (Å²) < 4.78 is 17.2. The summed E-state index contributed by atoms with van der Waals surface area (Å²) in [5, 5.41) is 12.7. The molecular formula is C30H36N2O6. The SMILES string of the molecule is CCC(CC)[C@@H](Oc1cccc(-c2ccccc2)c1)[C@H](C)OC(=O)[C@H](C)NC(=O)c1nccc(OC)c1O. The number of amides is 1. The van der Waals surface area contributed by atoms with Crippen molar-refractivity contribution in [3.63, 3.8) is 0 Å². The quantitative estimate of drug-likeness (QED) is 0.308. The van der Waals surface area contributed by atoms with E-state index in [9.17, 15) is 14.7 Å². The van der Waals surface area contributed by atoms with E-state index >= 15 is 0 Å². The van der Waals surface area contributed by atoms with Gasteiger partial charge in [0.05, 0.1) is 7.11 Å². The average molecular weight is 521 g/mol. The zero-order valence-electron chi connectivity index (χ0n) is 22.5. The Labute approximate surface area is 224 Å². The van der Waals surface area contributed by atoms with Gasteiger partial charge in [0.1, 0.15) is 24.0 Å². The first-order valence-electron chi connectivity index (χ1n) is 12.8. The summed E-state index contributed by atoms with van der Waals surface area (Å²) in [6, 6.07) is 18.3. The van der Waals surface area contributed by atoms with Crippen LogP contribution >= 0.6 is 0 Å². The number of nitrogens with one attached hydrogen (secondary N) is 1. The van der Waals surface area contributed by atoms with Crippen molar-refractivity contribution in [2.24, 2.45) is 5.92 Å². The number of ether oxygens (including phenoxy) is 3. The molecule has 0 bridgehead atoms. The van der Waals surface area contributed by atoms with Gasteiger partial charge in [-0.25, -0.2) is 9.78 Å². The van der Waals surface area contributed by atoms with Gasteiger partial charge in [0, 0.05) is 12.3 Å². The van der Waals surface area contributed by atoms with Crippen molar-refractivity contribution in [1.29, 1.82) is 0 Å². The second kappa shape index (κ2) is 13.5. The maximum absolute atomic E-state index is 12.9. The van der Waals surface area contributed by atoms with E-state index in [1.54, 1.807) is 6.92 Å². The molecule has 0 saturated heterocycles. The second-order valence-electron chi connectivity index (χ2n) is 9.10. The number of nitrogens with zero attached hydrogens (tertiary/aromatic N) is 1. The minimum Gasteiger partial charge on any atom is -0.503 e. The van der Waals surface area contributed by atoms with Gasteiger partial charge in [-0.3, -0.25) is 4.79 Å².